The van der Waals surface area contributed by atoms with Crippen LogP contribution in [0.1, 0.15) is 12.1 Å². The fourth-order valence-electron chi connectivity index (χ4n) is 2.32. The predicted molar refractivity (Wildman–Crippen MR) is 73.8 cm³/mol. The highest BCUT2D eigenvalue weighted by atomic mass is 16.5. The van der Waals surface area contributed by atoms with Gasteiger partial charge in [-0.25, -0.2) is 4.98 Å². The minimum absolute atomic E-state index is 0.0546. The van der Waals surface area contributed by atoms with Crippen LogP contribution in [-0.2, 0) is 11.3 Å². The van der Waals surface area contributed by atoms with Crippen molar-refractivity contribution in [3.8, 4) is 0 Å². The van der Waals surface area contributed by atoms with Gasteiger partial charge in [-0.3, -0.25) is 4.79 Å². The lowest BCUT2D eigenvalue weighted by atomic mass is 10.2. The van der Waals surface area contributed by atoms with Crippen molar-refractivity contribution >= 4 is 16.7 Å². The van der Waals surface area contributed by atoms with Crippen molar-refractivity contribution < 1.29 is 4.74 Å². The molecule has 0 radical (unpaired) electrons. The average molecular weight is 273 g/mol. The molecule has 20 heavy (non-hydrogen) atoms. The number of hydrogen-bond donors (Lipinski definition) is 0. The summed E-state index contributed by atoms with van der Waals surface area (Å²) in [5, 5.41) is 4.70. The van der Waals surface area contributed by atoms with E-state index >= 15 is 0 Å². The zero-order chi connectivity index (χ0) is 14.1. The molecular weight excluding hydrogens is 258 g/mol. The first-order chi connectivity index (χ1) is 9.72. The third-order valence-electron chi connectivity index (χ3n) is 3.28. The van der Waals surface area contributed by atoms with Crippen LogP contribution in [0.25, 0.3) is 16.7 Å². The second-order valence-corrected chi connectivity index (χ2v) is 4.59. The van der Waals surface area contributed by atoms with Gasteiger partial charge in [0.2, 0.25) is 0 Å². The van der Waals surface area contributed by atoms with E-state index in [9.17, 15) is 4.79 Å². The monoisotopic (exact) mass is 273 g/mol. The third-order valence-corrected chi connectivity index (χ3v) is 3.28. The highest BCUT2D eigenvalue weighted by Crippen LogP contribution is 2.13. The van der Waals surface area contributed by atoms with Gasteiger partial charge in [0, 0.05) is 26.5 Å². The summed E-state index contributed by atoms with van der Waals surface area (Å²) in [7, 11) is 1.65. The van der Waals surface area contributed by atoms with Crippen LogP contribution in [-0.4, -0.2) is 37.9 Å². The number of methoxy groups -OCH3 is 1. The molecule has 104 valence electrons. The molecule has 7 nitrogen and oxygen atoms in total. The molecular formula is C13H15N5O2. The summed E-state index contributed by atoms with van der Waals surface area (Å²) in [5.41, 5.74) is 1.35. The van der Waals surface area contributed by atoms with E-state index in [2.05, 4.69) is 15.1 Å². The van der Waals surface area contributed by atoms with Crippen LogP contribution < -0.4 is 5.56 Å². The van der Waals surface area contributed by atoms with E-state index in [1.54, 1.807) is 22.4 Å². The number of ether oxygens (including phenoxy) is 1. The summed E-state index contributed by atoms with van der Waals surface area (Å²) in [6.07, 6.45) is 4.01. The van der Waals surface area contributed by atoms with Gasteiger partial charge < -0.3 is 9.30 Å². The van der Waals surface area contributed by atoms with Gasteiger partial charge in [-0.2, -0.15) is 14.6 Å². The van der Waals surface area contributed by atoms with Crippen molar-refractivity contribution in [3.63, 3.8) is 0 Å². The van der Waals surface area contributed by atoms with Gasteiger partial charge in [0.15, 0.2) is 0 Å². The third kappa shape index (κ3) is 1.96. The summed E-state index contributed by atoms with van der Waals surface area (Å²) < 4.78 is 8.28. The molecule has 0 aliphatic heterocycles. The summed E-state index contributed by atoms with van der Waals surface area (Å²) >= 11 is 0. The van der Waals surface area contributed by atoms with Gasteiger partial charge >= 0.3 is 0 Å². The molecule has 3 aromatic rings. The molecule has 3 rings (SSSR count). The maximum absolute atomic E-state index is 12.5. The highest BCUT2D eigenvalue weighted by molar-refractivity contribution is 5.81. The number of rotatable bonds is 4. The standard InChI is InChI=1S/C13H15N5O2/c1-9-11-10(18-13(16-9)14-8-15-18)4-6-17(12(11)19)5-3-7-20-2/h4,6,8H,3,5,7H2,1-2H3. The van der Waals surface area contributed by atoms with Gasteiger partial charge in [0.25, 0.3) is 11.3 Å². The number of aromatic nitrogens is 5. The molecule has 3 heterocycles. The summed E-state index contributed by atoms with van der Waals surface area (Å²) in [6.45, 7) is 3.07. The molecule has 0 fully saturated rings. The van der Waals surface area contributed by atoms with E-state index in [0.717, 1.165) is 11.9 Å². The summed E-state index contributed by atoms with van der Waals surface area (Å²) in [5.74, 6) is 0.506. The fourth-order valence-corrected chi connectivity index (χ4v) is 2.32. The van der Waals surface area contributed by atoms with Crippen LogP contribution in [0.2, 0.25) is 0 Å². The van der Waals surface area contributed by atoms with E-state index in [0.29, 0.717) is 30.0 Å². The van der Waals surface area contributed by atoms with Crippen LogP contribution >= 0.6 is 0 Å². The van der Waals surface area contributed by atoms with E-state index in [-0.39, 0.29) is 5.56 Å². The van der Waals surface area contributed by atoms with Gasteiger partial charge in [-0.1, -0.05) is 0 Å². The molecule has 0 aromatic carbocycles. The van der Waals surface area contributed by atoms with E-state index in [4.69, 9.17) is 4.74 Å². The van der Waals surface area contributed by atoms with Gasteiger partial charge in [-0.15, -0.1) is 0 Å². The Morgan fingerprint density at radius 2 is 2.25 bits per heavy atom. The molecule has 0 aliphatic rings. The Morgan fingerprint density at radius 1 is 1.40 bits per heavy atom. The molecule has 3 aromatic heterocycles. The quantitative estimate of drug-likeness (QED) is 0.657. The minimum Gasteiger partial charge on any atom is -0.385 e. The first-order valence-electron chi connectivity index (χ1n) is 6.41. The Labute approximate surface area is 114 Å². The van der Waals surface area contributed by atoms with Crippen molar-refractivity contribution in [1.82, 2.24) is 24.1 Å². The van der Waals surface area contributed by atoms with E-state index in [1.165, 1.54) is 6.33 Å². The molecule has 0 spiro atoms. The first-order valence-corrected chi connectivity index (χ1v) is 6.41. The van der Waals surface area contributed by atoms with Gasteiger partial charge in [0.05, 0.1) is 16.6 Å². The van der Waals surface area contributed by atoms with Crippen molar-refractivity contribution in [2.75, 3.05) is 13.7 Å². The maximum Gasteiger partial charge on any atom is 0.261 e. The number of nitrogens with zero attached hydrogens (tertiary/aromatic N) is 5. The van der Waals surface area contributed by atoms with Gasteiger partial charge in [0.1, 0.15) is 6.33 Å². The van der Waals surface area contributed by atoms with Crippen LogP contribution in [0, 0.1) is 6.92 Å². The van der Waals surface area contributed by atoms with Crippen LogP contribution in [0.15, 0.2) is 23.4 Å². The molecule has 0 unspecified atom stereocenters. The van der Waals surface area contributed by atoms with Crippen molar-refractivity contribution in [2.45, 2.75) is 19.9 Å². The molecule has 0 bridgehead atoms. The van der Waals surface area contributed by atoms with Crippen LogP contribution in [0.4, 0.5) is 0 Å². The number of fused-ring (bicyclic) bond motifs is 3. The molecule has 7 heteroatoms. The predicted octanol–water partition coefficient (Wildman–Crippen LogP) is 0.784. The minimum atomic E-state index is -0.0546. The first kappa shape index (κ1) is 12.7. The fraction of sp³-hybridized carbons (Fsp3) is 0.385. The molecule has 0 aliphatic carbocycles. The lowest BCUT2D eigenvalue weighted by Gasteiger charge is -2.08. The summed E-state index contributed by atoms with van der Waals surface area (Å²) in [6, 6.07) is 1.87. The Morgan fingerprint density at radius 3 is 3.05 bits per heavy atom. The smallest absolute Gasteiger partial charge is 0.261 e. The molecule has 0 atom stereocenters. The van der Waals surface area contributed by atoms with Crippen molar-refractivity contribution in [2.24, 2.45) is 0 Å². The summed E-state index contributed by atoms with van der Waals surface area (Å²) in [4.78, 5) is 20.9. The average Bonchev–Trinajstić information content (AvgIpc) is 2.89. The maximum atomic E-state index is 12.5. The zero-order valence-corrected chi connectivity index (χ0v) is 11.4. The van der Waals surface area contributed by atoms with Crippen molar-refractivity contribution in [1.29, 1.82) is 0 Å². The lowest BCUT2D eigenvalue weighted by Crippen LogP contribution is -2.22. The topological polar surface area (TPSA) is 74.3 Å². The Kier molecular flexibility index (Phi) is 3.19. The zero-order valence-electron chi connectivity index (χ0n) is 11.4. The second-order valence-electron chi connectivity index (χ2n) is 4.59. The Hall–Kier alpha value is -2.28. The van der Waals surface area contributed by atoms with Crippen molar-refractivity contribution in [3.05, 3.63) is 34.6 Å². The Balaban J connectivity index is 2.19. The molecule has 0 saturated carbocycles. The number of pyridine rings is 1. The van der Waals surface area contributed by atoms with Crippen LogP contribution in [0.3, 0.4) is 0 Å². The molecule has 0 amide bonds. The van der Waals surface area contributed by atoms with E-state index in [1.807, 2.05) is 13.0 Å². The normalized spacial score (nSPS) is 11.5. The SMILES string of the molecule is COCCCn1ccc2c(c(C)nc3ncnn32)c1=O. The van der Waals surface area contributed by atoms with Gasteiger partial charge in [-0.05, 0) is 19.4 Å². The highest BCUT2D eigenvalue weighted by Gasteiger charge is 2.11. The number of aryl methyl sites for hydroxylation is 2. The molecule has 0 N–H and O–H groups in total. The van der Waals surface area contributed by atoms with E-state index < -0.39 is 0 Å². The number of hydrogen-bond acceptors (Lipinski definition) is 5. The van der Waals surface area contributed by atoms with Crippen LogP contribution in [0.5, 0.6) is 0 Å². The largest absolute Gasteiger partial charge is 0.385 e. The Bertz CT molecular complexity index is 821. The molecule has 0 saturated heterocycles. The lowest BCUT2D eigenvalue weighted by molar-refractivity contribution is 0.190. The second kappa shape index (κ2) is 5.01.